The van der Waals surface area contributed by atoms with Crippen LogP contribution in [0.25, 0.3) is 0 Å². The van der Waals surface area contributed by atoms with Crippen molar-refractivity contribution in [3.63, 3.8) is 0 Å². The standard InChI is InChI=1S/C17H16F3NO4S/c1-12(22)14-4-3-5-16(10-14)26(23,24)21(2)11-13-6-8-15(9-7-13)25-17(18,19)20/h3-10H,11H2,1-2H3. The molecular formula is C17H16F3NO4S. The maximum atomic E-state index is 12.6. The minimum atomic E-state index is -4.79. The van der Waals surface area contributed by atoms with Crippen LogP contribution in [0.2, 0.25) is 0 Å². The summed E-state index contributed by atoms with van der Waals surface area (Å²) in [6.07, 6.45) is -4.79. The zero-order valence-electron chi connectivity index (χ0n) is 13.9. The lowest BCUT2D eigenvalue weighted by atomic mass is 10.2. The van der Waals surface area contributed by atoms with Crippen molar-refractivity contribution in [2.45, 2.75) is 24.7 Å². The van der Waals surface area contributed by atoms with E-state index < -0.39 is 16.4 Å². The van der Waals surface area contributed by atoms with E-state index in [0.717, 1.165) is 16.4 Å². The van der Waals surface area contributed by atoms with Gasteiger partial charge >= 0.3 is 6.36 Å². The number of carbonyl (C=O) groups excluding carboxylic acids is 1. The molecule has 0 atom stereocenters. The Hall–Kier alpha value is -2.39. The number of Topliss-reactive ketones (excluding diaryl/α,β-unsaturated/α-hetero) is 1. The molecule has 0 N–H and O–H groups in total. The molecule has 0 bridgehead atoms. The van der Waals surface area contributed by atoms with Crippen LogP contribution >= 0.6 is 0 Å². The van der Waals surface area contributed by atoms with Gasteiger partial charge in [0.15, 0.2) is 5.78 Å². The first-order valence-electron chi connectivity index (χ1n) is 7.41. The highest BCUT2D eigenvalue weighted by Gasteiger charge is 2.31. The van der Waals surface area contributed by atoms with E-state index in [-0.39, 0.29) is 28.5 Å². The smallest absolute Gasteiger partial charge is 0.406 e. The van der Waals surface area contributed by atoms with E-state index in [9.17, 15) is 26.4 Å². The molecule has 140 valence electrons. The van der Waals surface area contributed by atoms with E-state index in [1.807, 2.05) is 0 Å². The fraction of sp³-hybridized carbons (Fsp3) is 0.235. The van der Waals surface area contributed by atoms with Gasteiger partial charge in [0.1, 0.15) is 5.75 Å². The third-order valence-corrected chi connectivity index (χ3v) is 5.31. The molecule has 0 unspecified atom stereocenters. The van der Waals surface area contributed by atoms with E-state index in [1.54, 1.807) is 0 Å². The monoisotopic (exact) mass is 387 g/mol. The van der Waals surface area contributed by atoms with Crippen LogP contribution < -0.4 is 4.74 Å². The molecule has 2 rings (SSSR count). The summed E-state index contributed by atoms with van der Waals surface area (Å²) < 4.78 is 66.5. The number of carbonyl (C=O) groups is 1. The molecule has 0 radical (unpaired) electrons. The van der Waals surface area contributed by atoms with Crippen LogP contribution in [0.5, 0.6) is 5.75 Å². The molecule has 0 aliphatic carbocycles. The molecule has 0 fully saturated rings. The topological polar surface area (TPSA) is 63.7 Å². The van der Waals surface area contributed by atoms with Gasteiger partial charge in [-0.25, -0.2) is 8.42 Å². The van der Waals surface area contributed by atoms with Crippen molar-refractivity contribution in [3.05, 3.63) is 59.7 Å². The number of hydrogen-bond donors (Lipinski definition) is 0. The minimum Gasteiger partial charge on any atom is -0.406 e. The van der Waals surface area contributed by atoms with Gasteiger partial charge in [-0.3, -0.25) is 4.79 Å². The van der Waals surface area contributed by atoms with Crippen molar-refractivity contribution in [1.82, 2.24) is 4.31 Å². The van der Waals surface area contributed by atoms with Crippen LogP contribution in [0, 0.1) is 0 Å². The van der Waals surface area contributed by atoms with E-state index in [0.29, 0.717) is 5.56 Å². The van der Waals surface area contributed by atoms with Crippen LogP contribution in [-0.2, 0) is 16.6 Å². The number of rotatable bonds is 6. The Labute approximate surface area is 149 Å². The molecule has 5 nitrogen and oxygen atoms in total. The molecule has 0 heterocycles. The first-order valence-corrected chi connectivity index (χ1v) is 8.85. The minimum absolute atomic E-state index is 0.0373. The molecule has 2 aromatic rings. The van der Waals surface area contributed by atoms with Crippen molar-refractivity contribution < 1.29 is 31.1 Å². The van der Waals surface area contributed by atoms with Crippen molar-refractivity contribution in [1.29, 1.82) is 0 Å². The predicted molar refractivity (Wildman–Crippen MR) is 88.2 cm³/mol. The number of halogens is 3. The van der Waals surface area contributed by atoms with Crippen LogP contribution in [0.3, 0.4) is 0 Å². The third kappa shape index (κ3) is 5.06. The largest absolute Gasteiger partial charge is 0.573 e. The summed E-state index contributed by atoms with van der Waals surface area (Å²) in [4.78, 5) is 11.4. The number of ketones is 1. The predicted octanol–water partition coefficient (Wildman–Crippen LogP) is 3.61. The fourth-order valence-electron chi connectivity index (χ4n) is 2.19. The summed E-state index contributed by atoms with van der Waals surface area (Å²) in [5.41, 5.74) is 0.751. The Kier molecular flexibility index (Phi) is 5.72. The van der Waals surface area contributed by atoms with Crippen molar-refractivity contribution >= 4 is 15.8 Å². The van der Waals surface area contributed by atoms with E-state index in [4.69, 9.17) is 0 Å². The Balaban J connectivity index is 2.17. The van der Waals surface area contributed by atoms with Crippen LogP contribution in [0.1, 0.15) is 22.8 Å². The normalized spacial score (nSPS) is 12.2. The maximum Gasteiger partial charge on any atom is 0.573 e. The molecule has 26 heavy (non-hydrogen) atoms. The lowest BCUT2D eigenvalue weighted by molar-refractivity contribution is -0.274. The Morgan fingerprint density at radius 3 is 2.27 bits per heavy atom. The van der Waals surface area contributed by atoms with Gasteiger partial charge in [0.25, 0.3) is 0 Å². The number of ether oxygens (including phenoxy) is 1. The molecule has 9 heteroatoms. The van der Waals surface area contributed by atoms with Gasteiger partial charge in [0.05, 0.1) is 4.90 Å². The second kappa shape index (κ2) is 7.46. The first-order chi connectivity index (χ1) is 12.0. The summed E-state index contributed by atoms with van der Waals surface area (Å²) in [6.45, 7) is 1.28. The van der Waals surface area contributed by atoms with E-state index in [1.165, 1.54) is 50.4 Å². The molecule has 0 spiro atoms. The average molecular weight is 387 g/mol. The Bertz CT molecular complexity index is 893. The lowest BCUT2D eigenvalue weighted by Gasteiger charge is -2.18. The molecule has 0 saturated heterocycles. The fourth-order valence-corrected chi connectivity index (χ4v) is 3.40. The molecular weight excluding hydrogens is 371 g/mol. The lowest BCUT2D eigenvalue weighted by Crippen LogP contribution is -2.26. The van der Waals surface area contributed by atoms with Crippen molar-refractivity contribution in [2.24, 2.45) is 0 Å². The number of alkyl halides is 3. The van der Waals surface area contributed by atoms with Gasteiger partial charge in [-0.1, -0.05) is 24.3 Å². The summed E-state index contributed by atoms with van der Waals surface area (Å²) in [5, 5.41) is 0. The van der Waals surface area contributed by atoms with Gasteiger partial charge in [0, 0.05) is 19.2 Å². The summed E-state index contributed by atoms with van der Waals surface area (Å²) in [7, 11) is -2.52. The van der Waals surface area contributed by atoms with Gasteiger partial charge in [-0.2, -0.15) is 4.31 Å². The van der Waals surface area contributed by atoms with E-state index in [2.05, 4.69) is 4.74 Å². The quantitative estimate of drug-likeness (QED) is 0.711. The molecule has 0 saturated carbocycles. The Morgan fingerprint density at radius 1 is 1.12 bits per heavy atom. The third-order valence-electron chi connectivity index (χ3n) is 3.51. The van der Waals surface area contributed by atoms with Crippen LogP contribution in [-0.4, -0.2) is 31.9 Å². The zero-order valence-corrected chi connectivity index (χ0v) is 14.8. The van der Waals surface area contributed by atoms with Gasteiger partial charge in [0.2, 0.25) is 10.0 Å². The number of hydrogen-bond acceptors (Lipinski definition) is 4. The summed E-state index contributed by atoms with van der Waals surface area (Å²) in [6, 6.07) is 10.6. The summed E-state index contributed by atoms with van der Waals surface area (Å²) in [5.74, 6) is -0.647. The van der Waals surface area contributed by atoms with Gasteiger partial charge in [-0.05, 0) is 36.8 Å². The second-order valence-corrected chi connectivity index (χ2v) is 7.58. The van der Waals surface area contributed by atoms with Crippen LogP contribution in [0.15, 0.2) is 53.4 Å². The van der Waals surface area contributed by atoms with Gasteiger partial charge < -0.3 is 4.74 Å². The zero-order chi connectivity index (χ0) is 19.5. The molecule has 0 aromatic heterocycles. The molecule has 2 aromatic carbocycles. The highest BCUT2D eigenvalue weighted by atomic mass is 32.2. The Morgan fingerprint density at radius 2 is 1.73 bits per heavy atom. The molecule has 0 aliphatic rings. The number of sulfonamides is 1. The average Bonchev–Trinajstić information content (AvgIpc) is 2.55. The van der Waals surface area contributed by atoms with Crippen molar-refractivity contribution in [2.75, 3.05) is 7.05 Å². The second-order valence-electron chi connectivity index (χ2n) is 5.54. The van der Waals surface area contributed by atoms with E-state index >= 15 is 0 Å². The highest BCUT2D eigenvalue weighted by Crippen LogP contribution is 2.24. The number of nitrogens with zero attached hydrogens (tertiary/aromatic N) is 1. The highest BCUT2D eigenvalue weighted by molar-refractivity contribution is 7.89. The van der Waals surface area contributed by atoms with Crippen LogP contribution in [0.4, 0.5) is 13.2 Å². The molecule has 0 aliphatic heterocycles. The molecule has 0 amide bonds. The number of benzene rings is 2. The SMILES string of the molecule is CC(=O)c1cccc(S(=O)(=O)N(C)Cc2ccc(OC(F)(F)F)cc2)c1. The van der Waals surface area contributed by atoms with Gasteiger partial charge in [-0.15, -0.1) is 13.2 Å². The first kappa shape index (κ1) is 19.9. The maximum absolute atomic E-state index is 12.6. The summed E-state index contributed by atoms with van der Waals surface area (Å²) >= 11 is 0. The van der Waals surface area contributed by atoms with Crippen molar-refractivity contribution in [3.8, 4) is 5.75 Å².